The van der Waals surface area contributed by atoms with Gasteiger partial charge in [0.15, 0.2) is 0 Å². The van der Waals surface area contributed by atoms with Crippen LogP contribution in [0.4, 0.5) is 14.5 Å². The molecule has 0 aromatic heterocycles. The van der Waals surface area contributed by atoms with Crippen LogP contribution in [0.3, 0.4) is 0 Å². The zero-order valence-corrected chi connectivity index (χ0v) is 14.8. The van der Waals surface area contributed by atoms with Gasteiger partial charge in [0.1, 0.15) is 17.8 Å². The van der Waals surface area contributed by atoms with E-state index in [2.05, 4.69) is 5.32 Å². The number of halogens is 2. The summed E-state index contributed by atoms with van der Waals surface area (Å²) in [6.45, 7) is 0.759. The number of rotatable bonds is 3. The van der Waals surface area contributed by atoms with Gasteiger partial charge in [-0.15, -0.1) is 0 Å². The number of nitrogens with zero attached hydrogens (tertiary/aromatic N) is 2. The maximum Gasteiger partial charge on any atom is 0.257 e. The van der Waals surface area contributed by atoms with E-state index in [0.29, 0.717) is 16.7 Å². The lowest BCUT2D eigenvalue weighted by Crippen LogP contribution is -2.50. The average Bonchev–Trinajstić information content (AvgIpc) is 3.13. The van der Waals surface area contributed by atoms with Crippen molar-refractivity contribution < 1.29 is 18.4 Å². The fourth-order valence-corrected chi connectivity index (χ4v) is 3.85. The summed E-state index contributed by atoms with van der Waals surface area (Å²) in [7, 11) is 1.92. The molecule has 0 aliphatic carbocycles. The summed E-state index contributed by atoms with van der Waals surface area (Å²) in [5.41, 5.74) is 2.05. The molecule has 27 heavy (non-hydrogen) atoms. The van der Waals surface area contributed by atoms with Crippen LogP contribution in [0.25, 0.3) is 0 Å². The van der Waals surface area contributed by atoms with E-state index in [-0.39, 0.29) is 24.5 Å². The van der Waals surface area contributed by atoms with Crippen molar-refractivity contribution in [2.45, 2.75) is 25.6 Å². The predicted octanol–water partition coefficient (Wildman–Crippen LogP) is 2.91. The van der Waals surface area contributed by atoms with E-state index in [1.165, 1.54) is 12.1 Å². The van der Waals surface area contributed by atoms with Crippen molar-refractivity contribution in [2.75, 3.05) is 18.5 Å². The Kier molecular flexibility index (Phi) is 4.30. The average molecular weight is 371 g/mol. The number of anilines is 1. The first kappa shape index (κ1) is 17.5. The highest BCUT2D eigenvalue weighted by atomic mass is 19.1. The molecule has 2 aromatic carbocycles. The van der Waals surface area contributed by atoms with Crippen LogP contribution in [0, 0.1) is 11.6 Å². The molecule has 0 bridgehead atoms. The summed E-state index contributed by atoms with van der Waals surface area (Å²) in [5, 5.41) is 2.66. The molecule has 0 spiro atoms. The molecular weight excluding hydrogens is 352 g/mol. The first-order chi connectivity index (χ1) is 12.9. The van der Waals surface area contributed by atoms with Gasteiger partial charge in [0.05, 0.1) is 11.3 Å². The van der Waals surface area contributed by atoms with Gasteiger partial charge in [-0.1, -0.05) is 0 Å². The standard InChI is InChI=1S/C20H19F2N3O2/c1-24-17-9-13(4-5-16(17)20(27)25-6-2-3-18(24)25)19(26)23-11-12-7-14(21)10-15(22)8-12/h4-5,7-10,18H,2-3,6,11H2,1H3,(H,23,26). The maximum absolute atomic E-state index is 13.3. The molecular formula is C20H19F2N3O2. The van der Waals surface area contributed by atoms with Gasteiger partial charge in [0.2, 0.25) is 0 Å². The molecule has 2 aliphatic rings. The Hall–Kier alpha value is -2.96. The molecule has 4 rings (SSSR count). The minimum absolute atomic E-state index is 0.00667. The van der Waals surface area contributed by atoms with Crippen LogP contribution in [0.15, 0.2) is 36.4 Å². The van der Waals surface area contributed by atoms with Crippen LogP contribution < -0.4 is 10.2 Å². The normalized spacial score (nSPS) is 18.3. The van der Waals surface area contributed by atoms with Crippen LogP contribution in [0.5, 0.6) is 0 Å². The minimum atomic E-state index is -0.686. The number of nitrogens with one attached hydrogen (secondary N) is 1. The largest absolute Gasteiger partial charge is 0.354 e. The highest BCUT2D eigenvalue weighted by Crippen LogP contribution is 2.35. The quantitative estimate of drug-likeness (QED) is 0.903. The fourth-order valence-electron chi connectivity index (χ4n) is 3.85. The van der Waals surface area contributed by atoms with Crippen molar-refractivity contribution in [1.82, 2.24) is 10.2 Å². The smallest absolute Gasteiger partial charge is 0.257 e. The Morgan fingerprint density at radius 3 is 2.67 bits per heavy atom. The van der Waals surface area contributed by atoms with Crippen LogP contribution in [-0.4, -0.2) is 36.5 Å². The van der Waals surface area contributed by atoms with Crippen molar-refractivity contribution in [3.8, 4) is 0 Å². The van der Waals surface area contributed by atoms with Crippen LogP contribution >= 0.6 is 0 Å². The number of fused-ring (bicyclic) bond motifs is 2. The van der Waals surface area contributed by atoms with Gasteiger partial charge in [-0.2, -0.15) is 0 Å². The van der Waals surface area contributed by atoms with Gasteiger partial charge in [-0.05, 0) is 48.7 Å². The van der Waals surface area contributed by atoms with Gasteiger partial charge < -0.3 is 15.1 Å². The number of amides is 2. The van der Waals surface area contributed by atoms with E-state index in [4.69, 9.17) is 0 Å². The Morgan fingerprint density at radius 2 is 1.93 bits per heavy atom. The summed E-state index contributed by atoms with van der Waals surface area (Å²) in [4.78, 5) is 29.0. The summed E-state index contributed by atoms with van der Waals surface area (Å²) in [6, 6.07) is 8.11. The van der Waals surface area contributed by atoms with E-state index >= 15 is 0 Å². The maximum atomic E-state index is 13.3. The molecule has 2 heterocycles. The molecule has 1 saturated heterocycles. The Balaban J connectivity index is 1.54. The molecule has 0 saturated carbocycles. The third-order valence-corrected chi connectivity index (χ3v) is 5.17. The molecule has 1 atom stereocenters. The number of hydrogen-bond acceptors (Lipinski definition) is 3. The topological polar surface area (TPSA) is 52.7 Å². The second-order valence-electron chi connectivity index (χ2n) is 6.92. The highest BCUT2D eigenvalue weighted by molar-refractivity contribution is 6.04. The van der Waals surface area contributed by atoms with E-state index in [9.17, 15) is 18.4 Å². The number of carbonyl (C=O) groups is 2. The molecule has 7 heteroatoms. The molecule has 5 nitrogen and oxygen atoms in total. The Labute approximate surface area is 155 Å². The molecule has 2 amide bonds. The van der Waals surface area contributed by atoms with Gasteiger partial charge in [0, 0.05) is 31.8 Å². The molecule has 2 aromatic rings. The molecule has 0 radical (unpaired) electrons. The number of benzene rings is 2. The summed E-state index contributed by atoms with van der Waals surface area (Å²) in [5.74, 6) is -1.74. The Morgan fingerprint density at radius 1 is 1.19 bits per heavy atom. The predicted molar refractivity (Wildman–Crippen MR) is 96.4 cm³/mol. The van der Waals surface area contributed by atoms with E-state index in [0.717, 1.165) is 31.1 Å². The third-order valence-electron chi connectivity index (χ3n) is 5.17. The van der Waals surface area contributed by atoms with Crippen molar-refractivity contribution in [3.63, 3.8) is 0 Å². The zero-order chi connectivity index (χ0) is 19.1. The molecule has 1 N–H and O–H groups in total. The van der Waals surface area contributed by atoms with Gasteiger partial charge in [-0.25, -0.2) is 8.78 Å². The second kappa shape index (κ2) is 6.64. The van der Waals surface area contributed by atoms with E-state index < -0.39 is 11.6 Å². The second-order valence-corrected chi connectivity index (χ2v) is 6.92. The first-order valence-electron chi connectivity index (χ1n) is 8.85. The SMILES string of the molecule is CN1c2cc(C(=O)NCc3cc(F)cc(F)c3)ccc2C(=O)N2CCCC21. The van der Waals surface area contributed by atoms with E-state index in [1.807, 2.05) is 16.8 Å². The fraction of sp³-hybridized carbons (Fsp3) is 0.300. The van der Waals surface area contributed by atoms with E-state index in [1.54, 1.807) is 18.2 Å². The lowest BCUT2D eigenvalue weighted by Gasteiger charge is -2.40. The van der Waals surface area contributed by atoms with Crippen molar-refractivity contribution >= 4 is 17.5 Å². The van der Waals surface area contributed by atoms with Gasteiger partial charge >= 0.3 is 0 Å². The Bertz CT molecular complexity index is 911. The van der Waals surface area contributed by atoms with Crippen molar-refractivity contribution in [3.05, 3.63) is 64.7 Å². The number of carbonyl (C=O) groups excluding carboxylic acids is 2. The lowest BCUT2D eigenvalue weighted by molar-refractivity contribution is 0.0719. The molecule has 140 valence electrons. The van der Waals surface area contributed by atoms with Crippen LogP contribution in [-0.2, 0) is 6.54 Å². The summed E-state index contributed by atoms with van der Waals surface area (Å²) < 4.78 is 26.5. The van der Waals surface area contributed by atoms with Crippen LogP contribution in [0.1, 0.15) is 39.1 Å². The highest BCUT2D eigenvalue weighted by Gasteiger charge is 2.38. The number of hydrogen-bond donors (Lipinski definition) is 1. The first-order valence-corrected chi connectivity index (χ1v) is 8.85. The van der Waals surface area contributed by atoms with Crippen molar-refractivity contribution in [1.29, 1.82) is 0 Å². The van der Waals surface area contributed by atoms with Gasteiger partial charge in [0.25, 0.3) is 11.8 Å². The molecule has 1 fully saturated rings. The molecule has 1 unspecified atom stereocenters. The summed E-state index contributed by atoms with van der Waals surface area (Å²) >= 11 is 0. The van der Waals surface area contributed by atoms with Gasteiger partial charge in [-0.3, -0.25) is 9.59 Å². The third kappa shape index (κ3) is 3.13. The lowest BCUT2D eigenvalue weighted by atomic mass is 10.0. The zero-order valence-electron chi connectivity index (χ0n) is 14.8. The molecule has 2 aliphatic heterocycles. The van der Waals surface area contributed by atoms with Crippen molar-refractivity contribution in [2.24, 2.45) is 0 Å². The van der Waals surface area contributed by atoms with Crippen LogP contribution in [0.2, 0.25) is 0 Å². The minimum Gasteiger partial charge on any atom is -0.354 e. The summed E-state index contributed by atoms with van der Waals surface area (Å²) in [6.07, 6.45) is 1.90. The monoisotopic (exact) mass is 371 g/mol.